The standard InChI is InChI=1S/C15H31NS/c1-12(2)16(14(6,7)8)15(9,10)17-11-13(3,4)5/h1,11H2,2-10H3. The number of allylic oxidation sites excluding steroid dienone is 1. The molecule has 0 spiro atoms. The third-order valence-corrected chi connectivity index (χ3v) is 4.35. The van der Waals surface area contributed by atoms with Gasteiger partial charge in [0.2, 0.25) is 0 Å². The molecule has 0 radical (unpaired) electrons. The van der Waals surface area contributed by atoms with Crippen LogP contribution in [0.3, 0.4) is 0 Å². The first-order chi connectivity index (χ1) is 7.27. The van der Waals surface area contributed by atoms with Crippen LogP contribution in [0, 0.1) is 5.41 Å². The molecule has 0 aliphatic rings. The molecule has 0 amide bonds. The summed E-state index contributed by atoms with van der Waals surface area (Å²) >= 11 is 2.01. The van der Waals surface area contributed by atoms with Crippen molar-refractivity contribution in [2.45, 2.75) is 72.7 Å². The fourth-order valence-electron chi connectivity index (χ4n) is 2.30. The molecule has 17 heavy (non-hydrogen) atoms. The summed E-state index contributed by atoms with van der Waals surface area (Å²) < 4.78 is 0. The largest absolute Gasteiger partial charge is 0.357 e. The lowest BCUT2D eigenvalue weighted by molar-refractivity contribution is 0.126. The van der Waals surface area contributed by atoms with Crippen LogP contribution in [0.15, 0.2) is 12.3 Å². The molecule has 0 aromatic heterocycles. The lowest BCUT2D eigenvalue weighted by Crippen LogP contribution is -2.51. The first-order valence-corrected chi connectivity index (χ1v) is 7.36. The Morgan fingerprint density at radius 2 is 1.41 bits per heavy atom. The van der Waals surface area contributed by atoms with Crippen molar-refractivity contribution < 1.29 is 0 Å². The molecule has 0 fully saturated rings. The SMILES string of the molecule is C=C(C)N(C(C)(C)C)C(C)(C)SCC(C)(C)C. The maximum absolute atomic E-state index is 4.15. The van der Waals surface area contributed by atoms with Gasteiger partial charge in [0, 0.05) is 17.0 Å². The van der Waals surface area contributed by atoms with E-state index in [9.17, 15) is 0 Å². The molecule has 0 heterocycles. The van der Waals surface area contributed by atoms with Crippen LogP contribution in [-0.4, -0.2) is 21.1 Å². The molecular weight excluding hydrogens is 226 g/mol. The summed E-state index contributed by atoms with van der Waals surface area (Å²) in [6.45, 7) is 24.5. The summed E-state index contributed by atoms with van der Waals surface area (Å²) in [5.41, 5.74) is 1.62. The number of rotatable bonds is 4. The highest BCUT2D eigenvalue weighted by atomic mass is 32.2. The van der Waals surface area contributed by atoms with Crippen LogP contribution in [0.4, 0.5) is 0 Å². The second kappa shape index (κ2) is 5.26. The molecule has 0 bridgehead atoms. The molecule has 0 aliphatic heterocycles. The minimum absolute atomic E-state index is 0.0807. The molecule has 0 aliphatic carbocycles. The lowest BCUT2D eigenvalue weighted by Gasteiger charge is -2.49. The maximum atomic E-state index is 4.15. The number of nitrogens with zero attached hydrogens (tertiary/aromatic N) is 1. The first kappa shape index (κ1) is 16.9. The Balaban J connectivity index is 4.92. The molecule has 2 heteroatoms. The quantitative estimate of drug-likeness (QED) is 0.642. The summed E-state index contributed by atoms with van der Waals surface area (Å²) in [6.07, 6.45) is 0. The third kappa shape index (κ3) is 5.85. The van der Waals surface area contributed by atoms with E-state index in [0.29, 0.717) is 5.41 Å². The number of hydrogen-bond donors (Lipinski definition) is 0. The van der Waals surface area contributed by atoms with Gasteiger partial charge in [0.25, 0.3) is 0 Å². The van der Waals surface area contributed by atoms with Crippen molar-refractivity contribution in [2.24, 2.45) is 5.41 Å². The van der Waals surface area contributed by atoms with E-state index >= 15 is 0 Å². The zero-order valence-electron chi connectivity index (χ0n) is 13.3. The van der Waals surface area contributed by atoms with E-state index in [2.05, 4.69) is 73.8 Å². The summed E-state index contributed by atoms with van der Waals surface area (Å²) in [7, 11) is 0. The Bertz CT molecular complexity index is 266. The average molecular weight is 257 g/mol. The van der Waals surface area contributed by atoms with Crippen LogP contribution >= 0.6 is 11.8 Å². The first-order valence-electron chi connectivity index (χ1n) is 6.37. The summed E-state index contributed by atoms with van der Waals surface area (Å²) in [4.78, 5) is 2.51. The molecule has 0 saturated carbocycles. The van der Waals surface area contributed by atoms with E-state index in [1.54, 1.807) is 0 Å². The maximum Gasteiger partial charge on any atom is 0.0806 e. The van der Waals surface area contributed by atoms with Crippen LogP contribution in [0.2, 0.25) is 0 Å². The van der Waals surface area contributed by atoms with Crippen LogP contribution in [0.1, 0.15) is 62.3 Å². The third-order valence-electron chi connectivity index (χ3n) is 2.45. The van der Waals surface area contributed by atoms with E-state index in [1.165, 1.54) is 0 Å². The Morgan fingerprint density at radius 1 is 1.00 bits per heavy atom. The Kier molecular flexibility index (Phi) is 5.22. The molecule has 0 aromatic carbocycles. The van der Waals surface area contributed by atoms with E-state index < -0.39 is 0 Å². The van der Waals surface area contributed by atoms with Crippen LogP contribution in [0.5, 0.6) is 0 Å². The van der Waals surface area contributed by atoms with Gasteiger partial charge < -0.3 is 4.90 Å². The number of hydrogen-bond acceptors (Lipinski definition) is 2. The van der Waals surface area contributed by atoms with Crippen molar-refractivity contribution >= 4 is 11.8 Å². The van der Waals surface area contributed by atoms with Gasteiger partial charge in [0.1, 0.15) is 0 Å². The average Bonchev–Trinajstić information content (AvgIpc) is 1.94. The van der Waals surface area contributed by atoms with Gasteiger partial charge in [-0.2, -0.15) is 0 Å². The summed E-state index contributed by atoms with van der Waals surface area (Å²) in [5.74, 6) is 1.15. The number of thioether (sulfide) groups is 1. The van der Waals surface area contributed by atoms with E-state index in [4.69, 9.17) is 0 Å². The molecule has 0 aromatic rings. The van der Waals surface area contributed by atoms with Gasteiger partial charge >= 0.3 is 0 Å². The zero-order valence-corrected chi connectivity index (χ0v) is 14.1. The van der Waals surface area contributed by atoms with Crippen molar-refractivity contribution in [1.29, 1.82) is 0 Å². The van der Waals surface area contributed by atoms with E-state index in [-0.39, 0.29) is 10.4 Å². The molecule has 1 nitrogen and oxygen atoms in total. The van der Waals surface area contributed by atoms with Gasteiger partial charge in [-0.05, 0) is 47.0 Å². The minimum Gasteiger partial charge on any atom is -0.357 e. The molecule has 0 atom stereocenters. The second-order valence-corrected chi connectivity index (χ2v) is 9.11. The van der Waals surface area contributed by atoms with Crippen LogP contribution < -0.4 is 0 Å². The monoisotopic (exact) mass is 257 g/mol. The molecule has 102 valence electrons. The predicted molar refractivity (Wildman–Crippen MR) is 82.4 cm³/mol. The molecule has 0 unspecified atom stereocenters. The lowest BCUT2D eigenvalue weighted by atomic mass is 10.0. The van der Waals surface area contributed by atoms with Crippen LogP contribution in [0.25, 0.3) is 0 Å². The topological polar surface area (TPSA) is 3.24 Å². The molecule has 0 saturated heterocycles. The Labute approximate surface area is 113 Å². The summed E-state index contributed by atoms with van der Waals surface area (Å²) in [6, 6.07) is 0. The normalized spacial score (nSPS) is 13.7. The van der Waals surface area contributed by atoms with Gasteiger partial charge in [-0.25, -0.2) is 0 Å². The van der Waals surface area contributed by atoms with Crippen molar-refractivity contribution in [2.75, 3.05) is 5.75 Å². The van der Waals surface area contributed by atoms with Crippen molar-refractivity contribution in [3.63, 3.8) is 0 Å². The molecule has 0 rings (SSSR count). The molecule has 0 N–H and O–H groups in total. The van der Waals surface area contributed by atoms with E-state index in [1.807, 2.05) is 11.8 Å². The highest BCUT2D eigenvalue weighted by Crippen LogP contribution is 2.39. The Morgan fingerprint density at radius 3 is 1.65 bits per heavy atom. The summed E-state index contributed by atoms with van der Waals surface area (Å²) in [5, 5.41) is 0. The van der Waals surface area contributed by atoms with Gasteiger partial charge in [-0.3, -0.25) is 0 Å². The van der Waals surface area contributed by atoms with Gasteiger partial charge in [0.15, 0.2) is 0 Å². The van der Waals surface area contributed by atoms with Crippen molar-refractivity contribution in [1.82, 2.24) is 4.90 Å². The smallest absolute Gasteiger partial charge is 0.0806 e. The van der Waals surface area contributed by atoms with Crippen LogP contribution in [-0.2, 0) is 0 Å². The minimum atomic E-state index is 0.0807. The molecular formula is C15H31NS. The fourth-order valence-corrected chi connectivity index (χ4v) is 3.64. The highest BCUT2D eigenvalue weighted by Gasteiger charge is 2.35. The highest BCUT2D eigenvalue weighted by molar-refractivity contribution is 8.00. The van der Waals surface area contributed by atoms with Crippen molar-refractivity contribution in [3.8, 4) is 0 Å². The van der Waals surface area contributed by atoms with E-state index in [0.717, 1.165) is 11.4 Å². The zero-order chi connectivity index (χ0) is 14.1. The predicted octanol–water partition coefficient (Wildman–Crippen LogP) is 5.14. The van der Waals surface area contributed by atoms with Gasteiger partial charge in [-0.15, -0.1) is 11.8 Å². The van der Waals surface area contributed by atoms with Gasteiger partial charge in [0.05, 0.1) is 4.87 Å². The van der Waals surface area contributed by atoms with Gasteiger partial charge in [-0.1, -0.05) is 27.4 Å². The van der Waals surface area contributed by atoms with Crippen molar-refractivity contribution in [3.05, 3.63) is 12.3 Å². The fraction of sp³-hybridized carbons (Fsp3) is 0.867. The Hall–Kier alpha value is -0.110. The second-order valence-electron chi connectivity index (χ2n) is 7.54.